The minimum Gasteiger partial charge on any atom is -0.273 e. The Kier molecular flexibility index (Phi) is 4.29. The van der Waals surface area contributed by atoms with Gasteiger partial charge in [0.1, 0.15) is 0 Å². The predicted octanol–water partition coefficient (Wildman–Crippen LogP) is 2.24. The van der Waals surface area contributed by atoms with Crippen molar-refractivity contribution in [2.24, 2.45) is 0 Å². The third kappa shape index (κ3) is 3.52. The molecule has 0 aliphatic carbocycles. The van der Waals surface area contributed by atoms with E-state index in [9.17, 15) is 9.59 Å². The average Bonchev–Trinajstić information content (AvgIpc) is 2.61. The fraction of sp³-hybridized carbons (Fsp3) is 0.0556. The first-order chi connectivity index (χ1) is 11.2. The number of pyridine rings is 1. The van der Waals surface area contributed by atoms with Crippen molar-refractivity contribution < 1.29 is 9.59 Å². The van der Waals surface area contributed by atoms with Gasteiger partial charge in [-0.05, 0) is 28.5 Å². The molecule has 0 aliphatic heterocycles. The van der Waals surface area contributed by atoms with Crippen molar-refractivity contribution >= 4 is 22.6 Å². The highest BCUT2D eigenvalue weighted by atomic mass is 16.2. The van der Waals surface area contributed by atoms with Crippen LogP contribution in [0.1, 0.15) is 15.9 Å². The molecule has 3 rings (SSSR count). The maximum Gasteiger partial charge on any atom is 0.269 e. The van der Waals surface area contributed by atoms with E-state index in [-0.39, 0.29) is 18.2 Å². The van der Waals surface area contributed by atoms with Gasteiger partial charge in [-0.25, -0.2) is 0 Å². The highest BCUT2D eigenvalue weighted by molar-refractivity contribution is 5.96. The van der Waals surface area contributed by atoms with E-state index in [4.69, 9.17) is 0 Å². The highest BCUT2D eigenvalue weighted by Crippen LogP contribution is 2.18. The Bertz CT molecular complexity index is 842. The molecule has 114 valence electrons. The molecule has 0 spiro atoms. The van der Waals surface area contributed by atoms with Crippen LogP contribution in [0.25, 0.3) is 10.8 Å². The smallest absolute Gasteiger partial charge is 0.269 e. The molecule has 3 aromatic rings. The van der Waals surface area contributed by atoms with Crippen LogP contribution in [0.5, 0.6) is 0 Å². The van der Waals surface area contributed by atoms with E-state index in [1.807, 2.05) is 42.5 Å². The van der Waals surface area contributed by atoms with Crippen molar-refractivity contribution in [2.45, 2.75) is 6.42 Å². The third-order valence-corrected chi connectivity index (χ3v) is 3.49. The van der Waals surface area contributed by atoms with Crippen LogP contribution in [0.15, 0.2) is 67.0 Å². The Morgan fingerprint density at radius 2 is 1.61 bits per heavy atom. The monoisotopic (exact) mass is 305 g/mol. The maximum absolute atomic E-state index is 12.1. The lowest BCUT2D eigenvalue weighted by atomic mass is 10.0. The van der Waals surface area contributed by atoms with E-state index < -0.39 is 0 Å². The second kappa shape index (κ2) is 6.70. The molecule has 2 aromatic carbocycles. The number of hydrogen-bond acceptors (Lipinski definition) is 3. The van der Waals surface area contributed by atoms with Crippen LogP contribution in [-0.2, 0) is 11.2 Å². The van der Waals surface area contributed by atoms with E-state index >= 15 is 0 Å². The van der Waals surface area contributed by atoms with Crippen LogP contribution in [0, 0.1) is 0 Å². The van der Waals surface area contributed by atoms with Crippen LogP contribution < -0.4 is 10.9 Å². The lowest BCUT2D eigenvalue weighted by Crippen LogP contribution is -2.42. The van der Waals surface area contributed by atoms with Gasteiger partial charge in [0.15, 0.2) is 0 Å². The lowest BCUT2D eigenvalue weighted by molar-refractivity contribution is -0.121. The van der Waals surface area contributed by atoms with Crippen molar-refractivity contribution in [3.05, 3.63) is 78.1 Å². The summed E-state index contributed by atoms with van der Waals surface area (Å²) in [6.45, 7) is 0. The van der Waals surface area contributed by atoms with Gasteiger partial charge in [-0.15, -0.1) is 0 Å². The first-order valence-electron chi connectivity index (χ1n) is 7.20. The third-order valence-electron chi connectivity index (χ3n) is 3.49. The van der Waals surface area contributed by atoms with Crippen LogP contribution in [0.4, 0.5) is 0 Å². The number of rotatable bonds is 3. The Morgan fingerprint density at radius 1 is 0.870 bits per heavy atom. The molecule has 0 radical (unpaired) electrons. The number of hydrazine groups is 1. The van der Waals surface area contributed by atoms with Crippen molar-refractivity contribution in [3.63, 3.8) is 0 Å². The molecule has 0 saturated heterocycles. The van der Waals surface area contributed by atoms with Gasteiger partial charge in [-0.2, -0.15) is 0 Å². The standard InChI is InChI=1S/C18H15N3O2/c22-17(20-21-18(23)14-8-10-19-11-9-14)12-15-6-3-5-13-4-1-2-7-16(13)15/h1-11H,12H2,(H,20,22)(H,21,23). The summed E-state index contributed by atoms with van der Waals surface area (Å²) in [5.41, 5.74) is 6.19. The summed E-state index contributed by atoms with van der Waals surface area (Å²) in [5.74, 6) is -0.651. The number of fused-ring (bicyclic) bond motifs is 1. The molecule has 0 unspecified atom stereocenters. The number of benzene rings is 2. The van der Waals surface area contributed by atoms with Crippen molar-refractivity contribution in [2.75, 3.05) is 0 Å². The molecular weight excluding hydrogens is 290 g/mol. The molecule has 0 bridgehead atoms. The van der Waals surface area contributed by atoms with Crippen molar-refractivity contribution in [3.8, 4) is 0 Å². The summed E-state index contributed by atoms with van der Waals surface area (Å²) in [6, 6.07) is 16.9. The van der Waals surface area contributed by atoms with Gasteiger partial charge < -0.3 is 0 Å². The van der Waals surface area contributed by atoms with Crippen molar-refractivity contribution in [1.82, 2.24) is 15.8 Å². The number of aromatic nitrogens is 1. The normalized spacial score (nSPS) is 10.3. The minimum atomic E-state index is -0.376. The zero-order valence-electron chi connectivity index (χ0n) is 12.3. The molecule has 0 aliphatic rings. The largest absolute Gasteiger partial charge is 0.273 e. The van der Waals surface area contributed by atoms with E-state index in [2.05, 4.69) is 15.8 Å². The predicted molar refractivity (Wildman–Crippen MR) is 87.5 cm³/mol. The second-order valence-electron chi connectivity index (χ2n) is 5.05. The van der Waals surface area contributed by atoms with Gasteiger partial charge in [0.2, 0.25) is 5.91 Å². The zero-order chi connectivity index (χ0) is 16.1. The molecule has 5 nitrogen and oxygen atoms in total. The first kappa shape index (κ1) is 14.7. The fourth-order valence-electron chi connectivity index (χ4n) is 2.37. The molecule has 0 atom stereocenters. The Labute approximate surface area is 133 Å². The number of hydrogen-bond donors (Lipinski definition) is 2. The quantitative estimate of drug-likeness (QED) is 0.729. The van der Waals surface area contributed by atoms with Gasteiger partial charge >= 0.3 is 0 Å². The molecule has 1 aromatic heterocycles. The van der Waals surface area contributed by atoms with Gasteiger partial charge in [0.05, 0.1) is 6.42 Å². The minimum absolute atomic E-state index is 0.192. The molecule has 2 N–H and O–H groups in total. The number of carbonyl (C=O) groups is 2. The van der Waals surface area contributed by atoms with Crippen LogP contribution in [0.3, 0.4) is 0 Å². The topological polar surface area (TPSA) is 71.1 Å². The van der Waals surface area contributed by atoms with E-state index in [1.165, 1.54) is 12.4 Å². The molecule has 0 fully saturated rings. The molecule has 0 saturated carbocycles. The molecule has 5 heteroatoms. The maximum atomic E-state index is 12.1. The lowest BCUT2D eigenvalue weighted by Gasteiger charge is -2.09. The van der Waals surface area contributed by atoms with Gasteiger partial charge in [-0.3, -0.25) is 25.4 Å². The Hall–Kier alpha value is -3.21. The van der Waals surface area contributed by atoms with Gasteiger partial charge in [0.25, 0.3) is 5.91 Å². The summed E-state index contributed by atoms with van der Waals surface area (Å²) in [4.78, 5) is 27.8. The van der Waals surface area contributed by atoms with Gasteiger partial charge in [0, 0.05) is 18.0 Å². The summed E-state index contributed by atoms with van der Waals surface area (Å²) < 4.78 is 0. The fourth-order valence-corrected chi connectivity index (χ4v) is 2.37. The van der Waals surface area contributed by atoms with Crippen LogP contribution in [-0.4, -0.2) is 16.8 Å². The first-order valence-corrected chi connectivity index (χ1v) is 7.20. The molecule has 2 amide bonds. The molecule has 23 heavy (non-hydrogen) atoms. The highest BCUT2D eigenvalue weighted by Gasteiger charge is 2.09. The van der Waals surface area contributed by atoms with Gasteiger partial charge in [-0.1, -0.05) is 42.5 Å². The second-order valence-corrected chi connectivity index (χ2v) is 5.05. The summed E-state index contributed by atoms with van der Waals surface area (Å²) in [6.07, 6.45) is 3.23. The molecular formula is C18H15N3O2. The number of carbonyl (C=O) groups excluding carboxylic acids is 2. The van der Waals surface area contributed by atoms with E-state index in [1.54, 1.807) is 12.1 Å². The number of amides is 2. The Balaban J connectivity index is 1.64. The van der Waals surface area contributed by atoms with Crippen LogP contribution in [0.2, 0.25) is 0 Å². The van der Waals surface area contributed by atoms with Crippen molar-refractivity contribution in [1.29, 1.82) is 0 Å². The number of nitrogens with zero attached hydrogens (tertiary/aromatic N) is 1. The Morgan fingerprint density at radius 3 is 2.43 bits per heavy atom. The van der Waals surface area contributed by atoms with E-state index in [0.717, 1.165) is 16.3 Å². The number of nitrogens with one attached hydrogen (secondary N) is 2. The summed E-state index contributed by atoms with van der Waals surface area (Å²) >= 11 is 0. The van der Waals surface area contributed by atoms with E-state index in [0.29, 0.717) is 5.56 Å². The average molecular weight is 305 g/mol. The zero-order valence-corrected chi connectivity index (χ0v) is 12.3. The SMILES string of the molecule is O=C(Cc1cccc2ccccc12)NNC(=O)c1ccncc1. The summed E-state index contributed by atoms with van der Waals surface area (Å²) in [7, 11) is 0. The van der Waals surface area contributed by atoms with Crippen LogP contribution >= 0.6 is 0 Å². The summed E-state index contributed by atoms with van der Waals surface area (Å²) in [5, 5.41) is 2.12. The molecule has 1 heterocycles.